The molecule has 0 amide bonds. The zero-order valence-corrected chi connectivity index (χ0v) is 10.1. The molecule has 19 heavy (non-hydrogen) atoms. The monoisotopic (exact) mass is 270 g/mol. The molecule has 1 heterocycles. The Balaban J connectivity index is 2.47. The number of aliphatic hydroxyl groups excluding tert-OH is 3. The highest BCUT2D eigenvalue weighted by molar-refractivity contribution is 5.89. The largest absolute Gasteiger partial charge is 0.505 e. The van der Waals surface area contributed by atoms with Crippen LogP contribution in [0.2, 0.25) is 0 Å². The first-order chi connectivity index (χ1) is 8.97. The minimum Gasteiger partial charge on any atom is -0.505 e. The van der Waals surface area contributed by atoms with Gasteiger partial charge in [-0.05, 0) is 6.92 Å². The molecule has 0 fully saturated rings. The van der Waals surface area contributed by atoms with E-state index >= 15 is 0 Å². The van der Waals surface area contributed by atoms with Crippen LogP contribution in [-0.4, -0.2) is 46.1 Å². The van der Waals surface area contributed by atoms with Crippen LogP contribution in [0.4, 0.5) is 0 Å². The second kappa shape index (κ2) is 6.60. The van der Waals surface area contributed by atoms with Crippen LogP contribution in [0, 0.1) is 0 Å². The summed E-state index contributed by atoms with van der Waals surface area (Å²) in [5.74, 6) is -3.57. The lowest BCUT2D eigenvalue weighted by Crippen LogP contribution is -2.33. The second-order valence-electron chi connectivity index (χ2n) is 3.64. The van der Waals surface area contributed by atoms with E-state index in [0.717, 1.165) is 6.08 Å². The van der Waals surface area contributed by atoms with Crippen molar-refractivity contribution in [2.45, 2.75) is 19.1 Å². The van der Waals surface area contributed by atoms with Crippen LogP contribution in [0.5, 0.6) is 0 Å². The van der Waals surface area contributed by atoms with Crippen LogP contribution < -0.4 is 0 Å². The molecule has 7 heteroatoms. The number of allylic oxidation sites excluding steroid dienone is 3. The third-order valence-corrected chi connectivity index (χ3v) is 2.22. The molecule has 0 spiro atoms. The maximum atomic E-state index is 11.2. The van der Waals surface area contributed by atoms with E-state index in [-0.39, 0.29) is 0 Å². The minimum atomic E-state index is -1.47. The third kappa shape index (κ3) is 3.85. The van der Waals surface area contributed by atoms with Gasteiger partial charge in [0.15, 0.2) is 11.9 Å². The molecule has 2 unspecified atom stereocenters. The van der Waals surface area contributed by atoms with Crippen molar-refractivity contribution in [3.63, 3.8) is 0 Å². The van der Waals surface area contributed by atoms with Gasteiger partial charge in [-0.2, -0.15) is 0 Å². The van der Waals surface area contributed by atoms with Gasteiger partial charge in [-0.25, -0.2) is 9.59 Å². The molecule has 2 atom stereocenters. The second-order valence-corrected chi connectivity index (χ2v) is 3.64. The first-order valence-electron chi connectivity index (χ1n) is 5.44. The van der Waals surface area contributed by atoms with Crippen LogP contribution in [-0.2, 0) is 19.1 Å². The van der Waals surface area contributed by atoms with Gasteiger partial charge < -0.3 is 24.8 Å². The van der Waals surface area contributed by atoms with E-state index in [4.69, 9.17) is 5.11 Å². The molecule has 0 bridgehead atoms. The van der Waals surface area contributed by atoms with E-state index < -0.39 is 42.3 Å². The van der Waals surface area contributed by atoms with E-state index in [9.17, 15) is 19.8 Å². The van der Waals surface area contributed by atoms with Gasteiger partial charge in [0.05, 0.1) is 0 Å². The predicted octanol–water partition coefficient (Wildman–Crippen LogP) is 0.276. The Labute approximate surface area is 109 Å². The highest BCUT2D eigenvalue weighted by atomic mass is 16.6. The number of hydrogen-bond acceptors (Lipinski definition) is 7. The summed E-state index contributed by atoms with van der Waals surface area (Å²) < 4.78 is 9.16. The molecule has 1 aliphatic heterocycles. The summed E-state index contributed by atoms with van der Waals surface area (Å²) in [7, 11) is 0. The summed E-state index contributed by atoms with van der Waals surface area (Å²) in [5, 5.41) is 27.9. The fourth-order valence-electron chi connectivity index (χ4n) is 1.28. The molecule has 0 aromatic rings. The van der Waals surface area contributed by atoms with Crippen LogP contribution in [0.25, 0.3) is 0 Å². The molecule has 3 N–H and O–H groups in total. The maximum Gasteiger partial charge on any atom is 0.377 e. The zero-order chi connectivity index (χ0) is 14.4. The van der Waals surface area contributed by atoms with Crippen molar-refractivity contribution in [2.24, 2.45) is 0 Å². The Morgan fingerprint density at radius 3 is 2.68 bits per heavy atom. The number of rotatable bonds is 5. The zero-order valence-electron chi connectivity index (χ0n) is 10.1. The number of carbonyl (C=O) groups excluding carboxylic acids is 2. The van der Waals surface area contributed by atoms with Gasteiger partial charge in [0.25, 0.3) is 0 Å². The Morgan fingerprint density at radius 1 is 1.47 bits per heavy atom. The maximum absolute atomic E-state index is 11.2. The van der Waals surface area contributed by atoms with E-state index in [0.29, 0.717) is 0 Å². The van der Waals surface area contributed by atoms with Crippen LogP contribution in [0.3, 0.4) is 0 Å². The summed E-state index contributed by atoms with van der Waals surface area (Å²) in [5.41, 5.74) is 0. The molecule has 0 aliphatic carbocycles. The summed E-state index contributed by atoms with van der Waals surface area (Å²) in [4.78, 5) is 22.0. The average Bonchev–Trinajstić information content (AvgIpc) is 2.64. The van der Waals surface area contributed by atoms with Gasteiger partial charge >= 0.3 is 11.9 Å². The lowest BCUT2D eigenvalue weighted by molar-refractivity contribution is -0.151. The molecular formula is C12H14O7. The molecule has 0 saturated heterocycles. The summed E-state index contributed by atoms with van der Waals surface area (Å²) in [6.07, 6.45) is 3.02. The summed E-state index contributed by atoms with van der Waals surface area (Å²) in [6, 6.07) is 0. The van der Waals surface area contributed by atoms with E-state index in [1.54, 1.807) is 19.1 Å². The van der Waals surface area contributed by atoms with Crippen LogP contribution >= 0.6 is 0 Å². The fourth-order valence-corrected chi connectivity index (χ4v) is 1.28. The van der Waals surface area contributed by atoms with Crippen molar-refractivity contribution in [2.75, 3.05) is 6.61 Å². The van der Waals surface area contributed by atoms with Gasteiger partial charge in [0.2, 0.25) is 5.76 Å². The highest BCUT2D eigenvalue weighted by Gasteiger charge is 2.39. The highest BCUT2D eigenvalue weighted by Crippen LogP contribution is 2.21. The van der Waals surface area contributed by atoms with Crippen LogP contribution in [0.1, 0.15) is 6.92 Å². The molecule has 0 saturated carbocycles. The van der Waals surface area contributed by atoms with Gasteiger partial charge in [-0.1, -0.05) is 18.2 Å². The smallest absolute Gasteiger partial charge is 0.377 e. The normalized spacial score (nSPS) is 21.2. The number of hydrogen-bond donors (Lipinski definition) is 3. The molecule has 104 valence electrons. The molecular weight excluding hydrogens is 256 g/mol. The van der Waals surface area contributed by atoms with E-state index in [2.05, 4.69) is 9.47 Å². The lowest BCUT2D eigenvalue weighted by atomic mass is 10.2. The number of aliphatic hydroxyl groups is 3. The first kappa shape index (κ1) is 14.8. The molecule has 1 rings (SSSR count). The van der Waals surface area contributed by atoms with E-state index in [1.165, 1.54) is 6.08 Å². The van der Waals surface area contributed by atoms with Gasteiger partial charge in [-0.15, -0.1) is 0 Å². The Kier molecular flexibility index (Phi) is 5.13. The van der Waals surface area contributed by atoms with Crippen molar-refractivity contribution in [1.82, 2.24) is 0 Å². The average molecular weight is 270 g/mol. The Bertz CT molecular complexity index is 447. The molecule has 0 aromatic carbocycles. The summed E-state index contributed by atoms with van der Waals surface area (Å²) in [6.45, 7) is 1.28. The minimum absolute atomic E-state index is 0.492. The predicted molar refractivity (Wildman–Crippen MR) is 63.1 cm³/mol. The first-order valence-corrected chi connectivity index (χ1v) is 5.44. The molecule has 0 aromatic heterocycles. The number of carbonyl (C=O) groups is 2. The number of cyclic esters (lactones) is 1. The van der Waals surface area contributed by atoms with Crippen molar-refractivity contribution >= 4 is 11.9 Å². The quantitative estimate of drug-likeness (QED) is 0.373. The van der Waals surface area contributed by atoms with Crippen LogP contribution in [0.15, 0.2) is 35.8 Å². The Morgan fingerprint density at radius 2 is 2.16 bits per heavy atom. The van der Waals surface area contributed by atoms with Crippen molar-refractivity contribution in [3.05, 3.63) is 35.8 Å². The van der Waals surface area contributed by atoms with Crippen molar-refractivity contribution in [1.29, 1.82) is 0 Å². The SMILES string of the molecule is C/C=C/C=C/C(=O)OCC(O)C1OC(=O)C(O)=C1O. The van der Waals surface area contributed by atoms with Crippen molar-refractivity contribution < 1.29 is 34.4 Å². The Hall–Kier alpha value is -2.28. The van der Waals surface area contributed by atoms with E-state index in [1.807, 2.05) is 0 Å². The standard InChI is InChI=1S/C12H14O7/c1-2-3-4-5-8(14)18-6-7(13)11-9(15)10(16)12(17)19-11/h2-5,7,11,13,15-16H,6H2,1H3/b3-2+,5-4+. The van der Waals surface area contributed by atoms with Gasteiger partial charge in [0.1, 0.15) is 12.7 Å². The van der Waals surface area contributed by atoms with Gasteiger partial charge in [0, 0.05) is 6.08 Å². The number of esters is 2. The molecule has 7 nitrogen and oxygen atoms in total. The number of ether oxygens (including phenoxy) is 2. The topological polar surface area (TPSA) is 113 Å². The molecule has 0 radical (unpaired) electrons. The lowest BCUT2D eigenvalue weighted by Gasteiger charge is -2.16. The van der Waals surface area contributed by atoms with Crippen molar-refractivity contribution in [3.8, 4) is 0 Å². The molecule has 1 aliphatic rings. The van der Waals surface area contributed by atoms with Gasteiger partial charge in [-0.3, -0.25) is 0 Å². The third-order valence-electron chi connectivity index (χ3n) is 2.22. The fraction of sp³-hybridized carbons (Fsp3) is 0.333. The summed E-state index contributed by atoms with van der Waals surface area (Å²) >= 11 is 0.